The van der Waals surface area contributed by atoms with Crippen LogP contribution in [-0.2, 0) is 21.2 Å². The van der Waals surface area contributed by atoms with Crippen molar-refractivity contribution >= 4 is 21.8 Å². The summed E-state index contributed by atoms with van der Waals surface area (Å²) in [5.74, 6) is -0.932. The van der Waals surface area contributed by atoms with E-state index in [0.29, 0.717) is 0 Å². The van der Waals surface area contributed by atoms with E-state index in [1.54, 1.807) is 12.1 Å². The van der Waals surface area contributed by atoms with Crippen molar-refractivity contribution in [3.05, 3.63) is 65.7 Å². The predicted octanol–water partition coefficient (Wildman–Crippen LogP) is 0.338. The lowest BCUT2D eigenvalue weighted by Crippen LogP contribution is -2.42. The second-order valence-corrected chi connectivity index (χ2v) is 6.30. The number of sulfonamides is 1. The Balaban J connectivity index is 1.91. The number of amides is 2. The third kappa shape index (κ3) is 4.90. The molecule has 0 aromatic heterocycles. The molecule has 0 bridgehead atoms. The summed E-state index contributed by atoms with van der Waals surface area (Å²) in [7, 11) is -3.81. The van der Waals surface area contributed by atoms with Gasteiger partial charge in [0.2, 0.25) is 15.9 Å². The molecule has 23 heavy (non-hydrogen) atoms. The molecule has 2 aromatic carbocycles. The summed E-state index contributed by atoms with van der Waals surface area (Å²) in [6.07, 6.45) is 0.130. The van der Waals surface area contributed by atoms with E-state index in [2.05, 4.69) is 10.9 Å². The van der Waals surface area contributed by atoms with Gasteiger partial charge in [0.25, 0.3) is 5.91 Å². The highest BCUT2D eigenvalue weighted by Crippen LogP contribution is 2.08. The Morgan fingerprint density at radius 2 is 1.52 bits per heavy atom. The molecule has 0 fully saturated rings. The van der Waals surface area contributed by atoms with E-state index in [9.17, 15) is 18.0 Å². The second kappa shape index (κ2) is 7.03. The summed E-state index contributed by atoms with van der Waals surface area (Å²) in [5.41, 5.74) is 5.56. The van der Waals surface area contributed by atoms with Crippen LogP contribution < -0.4 is 16.0 Å². The third-order valence-corrected chi connectivity index (χ3v) is 3.90. The van der Waals surface area contributed by atoms with Crippen LogP contribution in [-0.4, -0.2) is 20.2 Å². The first-order valence-electron chi connectivity index (χ1n) is 6.62. The molecule has 0 unspecified atom stereocenters. The van der Waals surface area contributed by atoms with E-state index >= 15 is 0 Å². The zero-order valence-corrected chi connectivity index (χ0v) is 12.8. The number of carbonyl (C=O) groups is 2. The van der Waals surface area contributed by atoms with Crippen LogP contribution in [0, 0.1) is 0 Å². The van der Waals surface area contributed by atoms with Gasteiger partial charge in [-0.1, -0.05) is 30.3 Å². The minimum Gasteiger partial charge on any atom is -0.273 e. The number of primary sulfonamides is 1. The summed E-state index contributed by atoms with van der Waals surface area (Å²) in [6, 6.07) is 14.1. The van der Waals surface area contributed by atoms with E-state index in [1.807, 2.05) is 18.2 Å². The van der Waals surface area contributed by atoms with Crippen LogP contribution in [0.4, 0.5) is 0 Å². The lowest BCUT2D eigenvalue weighted by molar-refractivity contribution is -0.121. The van der Waals surface area contributed by atoms with Gasteiger partial charge in [0.05, 0.1) is 11.3 Å². The topological polar surface area (TPSA) is 118 Å². The predicted molar refractivity (Wildman–Crippen MR) is 83.6 cm³/mol. The molecule has 4 N–H and O–H groups in total. The van der Waals surface area contributed by atoms with E-state index < -0.39 is 15.9 Å². The van der Waals surface area contributed by atoms with Gasteiger partial charge in [-0.2, -0.15) is 0 Å². The Morgan fingerprint density at radius 1 is 0.913 bits per heavy atom. The van der Waals surface area contributed by atoms with E-state index in [4.69, 9.17) is 5.14 Å². The summed E-state index contributed by atoms with van der Waals surface area (Å²) in [4.78, 5) is 23.5. The van der Waals surface area contributed by atoms with Gasteiger partial charge in [-0.3, -0.25) is 20.4 Å². The van der Waals surface area contributed by atoms with E-state index in [-0.39, 0.29) is 22.8 Å². The number of nitrogens with two attached hydrogens (primary N) is 1. The zero-order chi connectivity index (χ0) is 16.9. The number of benzene rings is 2. The van der Waals surface area contributed by atoms with Gasteiger partial charge in [0, 0.05) is 5.56 Å². The normalized spacial score (nSPS) is 10.8. The molecule has 0 aliphatic carbocycles. The Labute approximate surface area is 133 Å². The van der Waals surface area contributed by atoms with Gasteiger partial charge < -0.3 is 0 Å². The van der Waals surface area contributed by atoms with Crippen LogP contribution in [0.15, 0.2) is 59.5 Å². The Bertz CT molecular complexity index is 802. The number of hydrazine groups is 1. The van der Waals surface area contributed by atoms with E-state index in [1.165, 1.54) is 24.3 Å². The molecule has 0 saturated carbocycles. The number of carbonyl (C=O) groups excluding carboxylic acids is 2. The lowest BCUT2D eigenvalue weighted by Gasteiger charge is -2.08. The molecule has 0 aliphatic rings. The SMILES string of the molecule is NS(=O)(=O)c1ccc(C(=O)NNC(=O)Cc2ccccc2)cc1. The minimum absolute atomic E-state index is 0.0952. The molecule has 2 amide bonds. The van der Waals surface area contributed by atoms with Gasteiger partial charge in [-0.25, -0.2) is 13.6 Å². The molecule has 8 heteroatoms. The van der Waals surface area contributed by atoms with Crippen molar-refractivity contribution in [2.75, 3.05) is 0 Å². The Kier molecular flexibility index (Phi) is 5.09. The average molecular weight is 333 g/mol. The largest absolute Gasteiger partial charge is 0.273 e. The molecule has 2 aromatic rings. The molecule has 2 rings (SSSR count). The van der Waals surface area contributed by atoms with Gasteiger partial charge in [0.1, 0.15) is 0 Å². The molecular formula is C15H15N3O4S. The molecule has 120 valence electrons. The number of hydrogen-bond donors (Lipinski definition) is 3. The molecule has 0 spiro atoms. The second-order valence-electron chi connectivity index (χ2n) is 4.73. The summed E-state index contributed by atoms with van der Waals surface area (Å²) in [6.45, 7) is 0. The maximum atomic E-state index is 11.9. The van der Waals surface area contributed by atoms with Gasteiger partial charge >= 0.3 is 0 Å². The maximum absolute atomic E-state index is 11.9. The van der Waals surface area contributed by atoms with Crippen LogP contribution in [0.3, 0.4) is 0 Å². The number of nitrogens with one attached hydrogen (secondary N) is 2. The molecule has 0 radical (unpaired) electrons. The van der Waals surface area contributed by atoms with Crippen molar-refractivity contribution in [2.45, 2.75) is 11.3 Å². The van der Waals surface area contributed by atoms with Crippen LogP contribution in [0.5, 0.6) is 0 Å². The summed E-state index contributed by atoms with van der Waals surface area (Å²) in [5, 5.41) is 4.97. The van der Waals surface area contributed by atoms with Gasteiger partial charge in [0.15, 0.2) is 0 Å². The highest BCUT2D eigenvalue weighted by Gasteiger charge is 2.11. The fraction of sp³-hybridized carbons (Fsp3) is 0.0667. The van der Waals surface area contributed by atoms with Crippen LogP contribution in [0.25, 0.3) is 0 Å². The fourth-order valence-electron chi connectivity index (χ4n) is 1.82. The van der Waals surface area contributed by atoms with Crippen molar-refractivity contribution in [1.29, 1.82) is 0 Å². The monoisotopic (exact) mass is 333 g/mol. The number of rotatable bonds is 4. The van der Waals surface area contributed by atoms with Gasteiger partial charge in [-0.15, -0.1) is 0 Å². The smallest absolute Gasteiger partial charge is 0.269 e. The molecule has 0 saturated heterocycles. The first-order valence-corrected chi connectivity index (χ1v) is 8.17. The van der Waals surface area contributed by atoms with Crippen LogP contribution >= 0.6 is 0 Å². The van der Waals surface area contributed by atoms with E-state index in [0.717, 1.165) is 5.56 Å². The van der Waals surface area contributed by atoms with Crippen molar-refractivity contribution < 1.29 is 18.0 Å². The molecule has 0 atom stereocenters. The average Bonchev–Trinajstić information content (AvgIpc) is 2.53. The standard InChI is InChI=1S/C15H15N3O4S/c16-23(21,22)13-8-6-12(7-9-13)15(20)18-17-14(19)10-11-4-2-1-3-5-11/h1-9H,10H2,(H,17,19)(H,18,20)(H2,16,21,22). The highest BCUT2D eigenvalue weighted by atomic mass is 32.2. The quantitative estimate of drug-likeness (QED) is 0.699. The summed E-state index contributed by atoms with van der Waals surface area (Å²) >= 11 is 0. The summed E-state index contributed by atoms with van der Waals surface area (Å²) < 4.78 is 22.2. The first-order chi connectivity index (χ1) is 10.9. The third-order valence-electron chi connectivity index (χ3n) is 2.97. The molecule has 0 aliphatic heterocycles. The fourth-order valence-corrected chi connectivity index (χ4v) is 2.34. The van der Waals surface area contributed by atoms with Crippen molar-refractivity contribution in [2.24, 2.45) is 5.14 Å². The Hall–Kier alpha value is -2.71. The van der Waals surface area contributed by atoms with Crippen molar-refractivity contribution in [3.8, 4) is 0 Å². The zero-order valence-electron chi connectivity index (χ0n) is 12.0. The highest BCUT2D eigenvalue weighted by molar-refractivity contribution is 7.89. The minimum atomic E-state index is -3.81. The Morgan fingerprint density at radius 3 is 2.09 bits per heavy atom. The van der Waals surface area contributed by atoms with Crippen LogP contribution in [0.1, 0.15) is 15.9 Å². The first kappa shape index (κ1) is 16.7. The van der Waals surface area contributed by atoms with Crippen molar-refractivity contribution in [3.63, 3.8) is 0 Å². The van der Waals surface area contributed by atoms with Gasteiger partial charge in [-0.05, 0) is 29.8 Å². The maximum Gasteiger partial charge on any atom is 0.269 e. The van der Waals surface area contributed by atoms with Crippen molar-refractivity contribution in [1.82, 2.24) is 10.9 Å². The molecule has 0 heterocycles. The lowest BCUT2D eigenvalue weighted by atomic mass is 10.1. The number of hydrogen-bond acceptors (Lipinski definition) is 4. The molecular weight excluding hydrogens is 318 g/mol. The molecule has 7 nitrogen and oxygen atoms in total. The van der Waals surface area contributed by atoms with Crippen LogP contribution in [0.2, 0.25) is 0 Å².